The first kappa shape index (κ1) is 51.9. The van der Waals surface area contributed by atoms with Gasteiger partial charge in [0.25, 0.3) is 0 Å². The first-order chi connectivity index (χ1) is 24.3. The number of hydrogen-bond acceptors (Lipinski definition) is 7. The van der Waals surface area contributed by atoms with Crippen LogP contribution >= 0.6 is 0 Å². The highest BCUT2D eigenvalue weighted by Gasteiger charge is 2.77. The van der Waals surface area contributed by atoms with Crippen molar-refractivity contribution >= 4 is 12.1 Å². The quantitative estimate of drug-likeness (QED) is 0.120. The molecule has 0 saturated heterocycles. The van der Waals surface area contributed by atoms with Crippen LogP contribution in [0.3, 0.4) is 0 Å². The number of likely N-dealkylation sites (N-methyl/N-ethyl adjacent to an activating group) is 2. The van der Waals surface area contributed by atoms with Crippen LogP contribution in [0.5, 0.6) is 0 Å². The van der Waals surface area contributed by atoms with Crippen LogP contribution in [0.4, 0.5) is 102 Å². The molecule has 4 unspecified atom stereocenters. The van der Waals surface area contributed by atoms with E-state index >= 15 is 0 Å². The fraction of sp³-hybridized carbons (Fsp3) is 0.913. The van der Waals surface area contributed by atoms with E-state index in [4.69, 9.17) is 4.74 Å². The van der Waals surface area contributed by atoms with Gasteiger partial charge < -0.3 is 44.1 Å². The van der Waals surface area contributed by atoms with Crippen LogP contribution in [0, 0.1) is 0 Å². The lowest BCUT2D eigenvalue weighted by molar-refractivity contribution is -0.480. The number of amides is 4. The lowest BCUT2D eigenvalue weighted by Gasteiger charge is -2.37. The molecule has 0 aliphatic carbocycles. The van der Waals surface area contributed by atoms with Crippen LogP contribution in [0.1, 0.15) is 0 Å². The van der Waals surface area contributed by atoms with Crippen molar-refractivity contribution in [2.45, 2.75) is 67.0 Å². The average Bonchev–Trinajstić information content (AvgIpc) is 2.98. The first-order valence-electron chi connectivity index (χ1n) is 13.9. The Hall–Kier alpha value is -3.13. The Morgan fingerprint density at radius 3 is 1.16 bits per heavy atom. The monoisotopic (exact) mass is 870 g/mol. The highest BCUT2D eigenvalue weighted by Crippen LogP contribution is 2.50. The van der Waals surface area contributed by atoms with Crippen LogP contribution in [-0.4, -0.2) is 156 Å². The highest BCUT2D eigenvalue weighted by molar-refractivity contribution is 5.74. The second kappa shape index (κ2) is 18.4. The molecule has 0 saturated carbocycles. The van der Waals surface area contributed by atoms with Crippen molar-refractivity contribution in [3.05, 3.63) is 0 Å². The van der Waals surface area contributed by atoms with Gasteiger partial charge in [-0.25, -0.2) is 9.59 Å². The molecule has 0 fully saturated rings. The van der Waals surface area contributed by atoms with Gasteiger partial charge >= 0.3 is 66.9 Å². The maximum Gasteiger partial charge on any atom is 0.457 e. The van der Waals surface area contributed by atoms with Gasteiger partial charge in [0.2, 0.25) is 0 Å². The van der Waals surface area contributed by atoms with Gasteiger partial charge in [-0.05, 0) is 0 Å². The number of ether oxygens (including phenoxy) is 5. The van der Waals surface area contributed by atoms with E-state index in [1.54, 1.807) is 5.32 Å². The van der Waals surface area contributed by atoms with Gasteiger partial charge in [-0.3, -0.25) is 0 Å². The molecule has 4 amide bonds. The predicted octanol–water partition coefficient (Wildman–Crippen LogP) is 6.05. The Morgan fingerprint density at radius 1 is 0.564 bits per heavy atom. The summed E-state index contributed by atoms with van der Waals surface area (Å²) in [7, 11) is 0.635. The Labute approximate surface area is 293 Å². The van der Waals surface area contributed by atoms with Gasteiger partial charge in [0, 0.05) is 34.3 Å². The maximum atomic E-state index is 14.1. The first-order valence-corrected chi connectivity index (χ1v) is 13.9. The van der Waals surface area contributed by atoms with Crippen LogP contribution in [0.15, 0.2) is 0 Å². The minimum atomic E-state index is -7.11. The molecule has 55 heavy (non-hydrogen) atoms. The molecule has 4 atom stereocenters. The predicted molar refractivity (Wildman–Crippen MR) is 133 cm³/mol. The molecule has 32 heteroatoms. The van der Waals surface area contributed by atoms with Crippen LogP contribution in [-0.2, 0) is 23.7 Å². The van der Waals surface area contributed by atoms with Crippen LogP contribution in [0.2, 0.25) is 0 Å². The van der Waals surface area contributed by atoms with E-state index in [1.807, 2.05) is 5.32 Å². The van der Waals surface area contributed by atoms with Crippen molar-refractivity contribution in [2.75, 3.05) is 67.2 Å². The molecule has 0 heterocycles. The molecule has 0 aliphatic rings. The standard InChI is InChI=1S/C23H27F21N4O7/c1-47(8-11(16(27,28)29)54-22(41,42)18(33,51-3)20(35,36)37)13(49)45-4-6-52-7-5-46-14(50)48(2)9-12(17(30,31)32)55-23(43,44)19(34,21(38,39)40)53-10-15(24,25)26/h11-12H,4-10H2,1-3H3,(H,45,49)(H,46,50). The summed E-state index contributed by atoms with van der Waals surface area (Å²) < 4.78 is 293. The minimum absolute atomic E-state index is 0.0510. The zero-order valence-corrected chi connectivity index (χ0v) is 27.3. The number of methoxy groups -OCH3 is 1. The normalized spacial score (nSPS) is 17.2. The fourth-order valence-corrected chi connectivity index (χ4v) is 3.33. The molecule has 0 aromatic carbocycles. The molecule has 0 bridgehead atoms. The van der Waals surface area contributed by atoms with Gasteiger partial charge in [0.15, 0.2) is 12.2 Å². The molecule has 11 nitrogen and oxygen atoms in total. The molecular formula is C23H27F21N4O7. The molecule has 0 spiro atoms. The summed E-state index contributed by atoms with van der Waals surface area (Å²) in [6.45, 7) is -10.1. The number of nitrogens with zero attached hydrogens (tertiary/aromatic N) is 2. The molecule has 2 N–H and O–H groups in total. The largest absolute Gasteiger partial charge is 0.457 e. The van der Waals surface area contributed by atoms with Gasteiger partial charge in [-0.2, -0.15) is 92.2 Å². The van der Waals surface area contributed by atoms with Crippen LogP contribution in [0.25, 0.3) is 0 Å². The zero-order chi connectivity index (χ0) is 43.9. The molecule has 0 aliphatic heterocycles. The molecule has 0 aromatic rings. The van der Waals surface area contributed by atoms with E-state index in [0.29, 0.717) is 14.1 Å². The third kappa shape index (κ3) is 14.7. The molecule has 0 aromatic heterocycles. The second-order valence-electron chi connectivity index (χ2n) is 10.5. The van der Waals surface area contributed by atoms with E-state index in [1.165, 1.54) is 0 Å². The summed E-state index contributed by atoms with van der Waals surface area (Å²) in [6.07, 6.45) is -52.9. The Kier molecular flexibility index (Phi) is 17.4. The number of halogens is 21. The molecule has 0 rings (SSSR count). The summed E-state index contributed by atoms with van der Waals surface area (Å²) in [5.41, 5.74) is 0. The molecule has 328 valence electrons. The summed E-state index contributed by atoms with van der Waals surface area (Å²) >= 11 is 0. The molecule has 0 radical (unpaired) electrons. The van der Waals surface area contributed by atoms with Gasteiger partial charge in [-0.15, -0.1) is 0 Å². The lowest BCUT2D eigenvalue weighted by Crippen LogP contribution is -2.62. The van der Waals surface area contributed by atoms with Crippen molar-refractivity contribution in [1.29, 1.82) is 0 Å². The lowest BCUT2D eigenvalue weighted by atomic mass is 10.2. The summed E-state index contributed by atoms with van der Waals surface area (Å²) in [5, 5.41) is 3.56. The van der Waals surface area contributed by atoms with Crippen LogP contribution < -0.4 is 10.6 Å². The summed E-state index contributed by atoms with van der Waals surface area (Å²) in [4.78, 5) is 23.8. The number of carbonyl (C=O) groups is 2. The summed E-state index contributed by atoms with van der Waals surface area (Å²) in [6, 6.07) is -3.19. The maximum absolute atomic E-state index is 14.1. The number of carbonyl (C=O) groups excluding carboxylic acids is 2. The van der Waals surface area contributed by atoms with Gasteiger partial charge in [0.1, 0.15) is 6.61 Å². The van der Waals surface area contributed by atoms with Crippen molar-refractivity contribution in [3.8, 4) is 0 Å². The van der Waals surface area contributed by atoms with Crippen molar-refractivity contribution in [3.63, 3.8) is 0 Å². The number of nitrogens with one attached hydrogen (secondary N) is 2. The molecular weight excluding hydrogens is 843 g/mol. The SMILES string of the molecule is COC(F)(C(F)(F)F)C(F)(F)OC(CN(C)C(=O)NCCOCCNC(=O)N(C)CC(OC(F)(F)C(F)(OCC(F)(F)F)C(F)(F)F)C(F)(F)F)C(F)(F)F. The van der Waals surface area contributed by atoms with E-state index in [-0.39, 0.29) is 16.9 Å². The van der Waals surface area contributed by atoms with E-state index in [9.17, 15) is 102 Å². The number of hydrogen-bond donors (Lipinski definition) is 2. The highest BCUT2D eigenvalue weighted by atomic mass is 19.4. The fourth-order valence-electron chi connectivity index (χ4n) is 3.33. The topological polar surface area (TPSA) is 111 Å². The van der Waals surface area contributed by atoms with Gasteiger partial charge in [-0.1, -0.05) is 0 Å². The Bertz CT molecular complexity index is 1230. The van der Waals surface area contributed by atoms with Crippen molar-refractivity contribution in [1.82, 2.24) is 20.4 Å². The average molecular weight is 870 g/mol. The third-order valence-corrected chi connectivity index (χ3v) is 6.12. The van der Waals surface area contributed by atoms with E-state index in [0.717, 1.165) is 0 Å². The third-order valence-electron chi connectivity index (χ3n) is 6.12. The number of urea groups is 2. The van der Waals surface area contributed by atoms with Crippen molar-refractivity contribution in [2.24, 2.45) is 0 Å². The van der Waals surface area contributed by atoms with E-state index < -0.39 is 125 Å². The smallest absolute Gasteiger partial charge is 0.378 e. The van der Waals surface area contributed by atoms with Crippen molar-refractivity contribution < 1.29 is 125 Å². The summed E-state index contributed by atoms with van der Waals surface area (Å²) in [5.74, 6) is -12.8. The minimum Gasteiger partial charge on any atom is -0.378 e. The Balaban J connectivity index is 5.17. The number of rotatable bonds is 19. The van der Waals surface area contributed by atoms with Gasteiger partial charge in [0.05, 0.1) is 26.3 Å². The Morgan fingerprint density at radius 2 is 0.891 bits per heavy atom. The zero-order valence-electron chi connectivity index (χ0n) is 27.3. The van der Waals surface area contributed by atoms with E-state index in [2.05, 4.69) is 18.9 Å². The number of alkyl halides is 21. The second-order valence-corrected chi connectivity index (χ2v) is 10.5.